The molecule has 0 unspecified atom stereocenters. The first-order chi connectivity index (χ1) is 7.63. The molecule has 2 rings (SSSR count). The van der Waals surface area contributed by atoms with Crippen molar-refractivity contribution in [3.63, 3.8) is 0 Å². The molecule has 16 heavy (non-hydrogen) atoms. The average Bonchev–Trinajstić information content (AvgIpc) is 2.57. The monoisotopic (exact) mass is 301 g/mol. The second kappa shape index (κ2) is 4.47. The van der Waals surface area contributed by atoms with Crippen molar-refractivity contribution in [1.29, 1.82) is 0 Å². The number of esters is 1. The Hall–Kier alpha value is -1.000. The quantitative estimate of drug-likeness (QED) is 0.858. The zero-order valence-electron chi connectivity index (χ0n) is 8.51. The first-order valence-corrected chi connectivity index (χ1v) is 5.94. The van der Waals surface area contributed by atoms with Crippen LogP contribution in [0.1, 0.15) is 17.4 Å². The van der Waals surface area contributed by atoms with E-state index in [2.05, 4.69) is 20.9 Å². The molecule has 0 atom stereocenters. The van der Waals surface area contributed by atoms with E-state index in [1.165, 1.54) is 0 Å². The zero-order chi connectivity index (χ0) is 11.7. The minimum Gasteiger partial charge on any atom is -0.461 e. The van der Waals surface area contributed by atoms with Gasteiger partial charge >= 0.3 is 5.97 Å². The highest BCUT2D eigenvalue weighted by molar-refractivity contribution is 9.10. The minimum absolute atomic E-state index is 0.302. The van der Waals surface area contributed by atoms with Crippen LogP contribution in [-0.2, 0) is 4.74 Å². The lowest BCUT2D eigenvalue weighted by Crippen LogP contribution is -2.05. The Morgan fingerprint density at radius 3 is 3.00 bits per heavy atom. The number of halogens is 2. The SMILES string of the molecule is CCOC(=O)c1[nH]c2ccc(Br)cc2c1Cl. The van der Waals surface area contributed by atoms with Crippen molar-refractivity contribution in [3.05, 3.63) is 33.4 Å². The summed E-state index contributed by atoms with van der Waals surface area (Å²) in [7, 11) is 0. The van der Waals surface area contributed by atoms with Gasteiger partial charge in [0, 0.05) is 15.4 Å². The fourth-order valence-electron chi connectivity index (χ4n) is 1.48. The summed E-state index contributed by atoms with van der Waals surface area (Å²) in [4.78, 5) is 14.5. The van der Waals surface area contributed by atoms with Crippen LogP contribution in [0.2, 0.25) is 5.02 Å². The van der Waals surface area contributed by atoms with Crippen LogP contribution in [-0.4, -0.2) is 17.6 Å². The van der Waals surface area contributed by atoms with Crippen LogP contribution in [0.15, 0.2) is 22.7 Å². The molecule has 0 aliphatic carbocycles. The molecule has 0 saturated carbocycles. The molecule has 0 bridgehead atoms. The number of rotatable bonds is 2. The van der Waals surface area contributed by atoms with Gasteiger partial charge < -0.3 is 9.72 Å². The fourth-order valence-corrected chi connectivity index (χ4v) is 2.12. The number of carbonyl (C=O) groups is 1. The summed E-state index contributed by atoms with van der Waals surface area (Å²) >= 11 is 9.46. The summed E-state index contributed by atoms with van der Waals surface area (Å²) in [6, 6.07) is 5.59. The van der Waals surface area contributed by atoms with Gasteiger partial charge in [-0.05, 0) is 25.1 Å². The third-order valence-electron chi connectivity index (χ3n) is 2.18. The molecule has 0 radical (unpaired) electrons. The van der Waals surface area contributed by atoms with Crippen LogP contribution in [0.25, 0.3) is 10.9 Å². The highest BCUT2D eigenvalue weighted by atomic mass is 79.9. The summed E-state index contributed by atoms with van der Waals surface area (Å²) in [5, 5.41) is 1.20. The minimum atomic E-state index is -0.431. The predicted octanol–water partition coefficient (Wildman–Crippen LogP) is 3.76. The van der Waals surface area contributed by atoms with Gasteiger partial charge in [-0.2, -0.15) is 0 Å². The molecule has 5 heteroatoms. The molecule has 1 aromatic carbocycles. The van der Waals surface area contributed by atoms with Gasteiger partial charge in [0.05, 0.1) is 11.6 Å². The molecule has 84 valence electrons. The smallest absolute Gasteiger partial charge is 0.356 e. The standard InChI is InChI=1S/C11H9BrClNO2/c1-2-16-11(15)10-9(13)7-5-6(12)3-4-8(7)14-10/h3-5,14H,2H2,1H3. The van der Waals surface area contributed by atoms with E-state index in [0.717, 1.165) is 15.4 Å². The molecular weight excluding hydrogens is 293 g/mol. The highest BCUT2D eigenvalue weighted by Crippen LogP contribution is 2.30. The summed E-state index contributed by atoms with van der Waals surface area (Å²) in [6.45, 7) is 2.08. The number of fused-ring (bicyclic) bond motifs is 1. The lowest BCUT2D eigenvalue weighted by Gasteiger charge is -1.98. The van der Waals surface area contributed by atoms with Crippen LogP contribution >= 0.6 is 27.5 Å². The first kappa shape index (κ1) is 11.5. The van der Waals surface area contributed by atoms with E-state index in [9.17, 15) is 4.79 Å². The lowest BCUT2D eigenvalue weighted by molar-refractivity contribution is 0.0521. The summed E-state index contributed by atoms with van der Waals surface area (Å²) in [5.74, 6) is -0.431. The van der Waals surface area contributed by atoms with Crippen molar-refractivity contribution in [2.75, 3.05) is 6.61 Å². The Balaban J connectivity index is 2.56. The molecular formula is C11H9BrClNO2. The van der Waals surface area contributed by atoms with Crippen molar-refractivity contribution >= 4 is 44.4 Å². The zero-order valence-corrected chi connectivity index (χ0v) is 10.9. The van der Waals surface area contributed by atoms with Crippen molar-refractivity contribution < 1.29 is 9.53 Å². The van der Waals surface area contributed by atoms with Gasteiger partial charge in [0.2, 0.25) is 0 Å². The largest absolute Gasteiger partial charge is 0.461 e. The topological polar surface area (TPSA) is 42.1 Å². The van der Waals surface area contributed by atoms with Gasteiger partial charge in [0.1, 0.15) is 5.69 Å². The number of aromatic nitrogens is 1. The maximum absolute atomic E-state index is 11.6. The van der Waals surface area contributed by atoms with Gasteiger partial charge in [-0.15, -0.1) is 0 Å². The molecule has 0 amide bonds. The Morgan fingerprint density at radius 1 is 1.56 bits per heavy atom. The lowest BCUT2D eigenvalue weighted by atomic mass is 10.2. The molecule has 0 fully saturated rings. The second-order valence-electron chi connectivity index (χ2n) is 3.22. The van der Waals surface area contributed by atoms with Gasteiger partial charge in [-0.25, -0.2) is 4.79 Å². The Kier molecular flexibility index (Phi) is 3.21. The van der Waals surface area contributed by atoms with Gasteiger partial charge in [0.15, 0.2) is 0 Å². The first-order valence-electron chi connectivity index (χ1n) is 4.77. The number of aromatic amines is 1. The van der Waals surface area contributed by atoms with Crippen LogP contribution < -0.4 is 0 Å². The third kappa shape index (κ3) is 1.95. The van der Waals surface area contributed by atoms with Crippen LogP contribution in [0.3, 0.4) is 0 Å². The van der Waals surface area contributed by atoms with E-state index in [4.69, 9.17) is 16.3 Å². The van der Waals surface area contributed by atoms with Crippen LogP contribution in [0, 0.1) is 0 Å². The summed E-state index contributed by atoms with van der Waals surface area (Å²) in [6.07, 6.45) is 0. The normalized spacial score (nSPS) is 10.7. The second-order valence-corrected chi connectivity index (χ2v) is 4.52. The number of hydrogen-bond acceptors (Lipinski definition) is 2. The maximum Gasteiger partial charge on any atom is 0.356 e. The van der Waals surface area contributed by atoms with Gasteiger partial charge in [-0.1, -0.05) is 27.5 Å². The van der Waals surface area contributed by atoms with Crippen molar-refractivity contribution in [3.8, 4) is 0 Å². The predicted molar refractivity (Wildman–Crippen MR) is 67.0 cm³/mol. The molecule has 0 spiro atoms. The third-order valence-corrected chi connectivity index (χ3v) is 3.06. The van der Waals surface area contributed by atoms with E-state index in [1.807, 2.05) is 18.2 Å². The number of carbonyl (C=O) groups excluding carboxylic acids is 1. The number of nitrogens with one attached hydrogen (secondary N) is 1. The average molecular weight is 303 g/mol. The molecule has 1 N–H and O–H groups in total. The molecule has 2 aromatic rings. The van der Waals surface area contributed by atoms with E-state index in [-0.39, 0.29) is 0 Å². The molecule has 3 nitrogen and oxygen atoms in total. The van der Waals surface area contributed by atoms with Crippen molar-refractivity contribution in [2.24, 2.45) is 0 Å². The Bertz CT molecular complexity index is 550. The van der Waals surface area contributed by atoms with E-state index in [1.54, 1.807) is 6.92 Å². The summed E-state index contributed by atoms with van der Waals surface area (Å²) < 4.78 is 5.82. The van der Waals surface area contributed by atoms with Crippen molar-refractivity contribution in [1.82, 2.24) is 4.98 Å². The van der Waals surface area contributed by atoms with E-state index >= 15 is 0 Å². The number of benzene rings is 1. The molecule has 0 aliphatic rings. The molecule has 1 heterocycles. The molecule has 0 saturated heterocycles. The van der Waals surface area contributed by atoms with E-state index < -0.39 is 5.97 Å². The number of H-pyrrole nitrogens is 1. The molecule has 1 aromatic heterocycles. The Labute approximate surface area is 106 Å². The van der Waals surface area contributed by atoms with Crippen LogP contribution in [0.4, 0.5) is 0 Å². The number of ether oxygens (including phenoxy) is 1. The van der Waals surface area contributed by atoms with Crippen LogP contribution in [0.5, 0.6) is 0 Å². The fraction of sp³-hybridized carbons (Fsp3) is 0.182. The highest BCUT2D eigenvalue weighted by Gasteiger charge is 2.17. The van der Waals surface area contributed by atoms with Gasteiger partial charge in [-0.3, -0.25) is 0 Å². The number of hydrogen-bond donors (Lipinski definition) is 1. The maximum atomic E-state index is 11.6. The molecule has 0 aliphatic heterocycles. The van der Waals surface area contributed by atoms with Gasteiger partial charge in [0.25, 0.3) is 0 Å². The van der Waals surface area contributed by atoms with E-state index in [0.29, 0.717) is 17.3 Å². The summed E-state index contributed by atoms with van der Waals surface area (Å²) in [5.41, 5.74) is 1.12. The van der Waals surface area contributed by atoms with Crippen molar-refractivity contribution in [2.45, 2.75) is 6.92 Å². The Morgan fingerprint density at radius 2 is 2.31 bits per heavy atom.